The first-order valence-electron chi connectivity index (χ1n) is 44.4. The van der Waals surface area contributed by atoms with E-state index in [0.29, 0.717) is 0 Å². The Kier molecular flexibility index (Phi) is 18.7. The van der Waals surface area contributed by atoms with Gasteiger partial charge in [-0.25, -0.2) is 0 Å². The van der Waals surface area contributed by atoms with Crippen molar-refractivity contribution in [1.82, 2.24) is 0 Å². The number of fused-ring (bicyclic) bond motifs is 15. The molecule has 0 fully saturated rings. The van der Waals surface area contributed by atoms with Gasteiger partial charge in [-0.15, -0.1) is 0 Å². The van der Waals surface area contributed by atoms with Gasteiger partial charge in [0, 0.05) is 0 Å². The van der Waals surface area contributed by atoms with Crippen LogP contribution >= 0.6 is 0 Å². The summed E-state index contributed by atoms with van der Waals surface area (Å²) in [4.78, 5) is 0. The normalized spacial score (nSPS) is 11.6. The molecule has 0 heterocycles. The molecular formula is C128H82. The fourth-order valence-electron chi connectivity index (χ4n) is 21.3. The minimum absolute atomic E-state index is 1.24. The summed E-state index contributed by atoms with van der Waals surface area (Å²) in [6.45, 7) is 0. The molecule has 0 aliphatic carbocycles. The Labute approximate surface area is 743 Å². The maximum Gasteiger partial charge on any atom is -0.00139 e. The fourth-order valence-corrected chi connectivity index (χ4v) is 21.3. The van der Waals surface area contributed by atoms with Crippen molar-refractivity contribution in [3.05, 3.63) is 497 Å². The Morgan fingerprint density at radius 1 is 0.0781 bits per heavy atom. The molecule has 594 valence electrons. The molecule has 0 radical (unpaired) electrons. The second-order valence-electron chi connectivity index (χ2n) is 33.7. The molecule has 26 aromatic rings. The molecule has 0 aromatic heterocycles. The summed E-state index contributed by atoms with van der Waals surface area (Å²) in [5.74, 6) is 0. The SMILES string of the molecule is c1ccc(-c2c3ccccc3c(-c3c4ccccc4c(-c4cc5ccccc5c5ccccc45)c4ccccc34)c3ccccc23)cc1.c1ccc(-c2c3ccccc3c(-c3c4ccccc4c(-c4ccc5ccccc5c4)c4ccccc34)c3ccccc23)cc1.c1ccc(-c2c3ccccc3c(-c3ccc(-c4cccc5ccccc45)cc3)c3ccccc23)cc1. The van der Waals surface area contributed by atoms with E-state index in [-0.39, 0.29) is 0 Å². The van der Waals surface area contributed by atoms with Crippen molar-refractivity contribution in [3.63, 3.8) is 0 Å². The quantitative estimate of drug-likeness (QED) is 0.0998. The van der Waals surface area contributed by atoms with Gasteiger partial charge in [-0.05, 0) is 263 Å². The smallest absolute Gasteiger partial charge is 0.00139 e. The summed E-state index contributed by atoms with van der Waals surface area (Å²) in [6.07, 6.45) is 0. The monoisotopic (exact) mass is 1620 g/mol. The largest absolute Gasteiger partial charge is 0.0622 e. The Morgan fingerprint density at radius 2 is 0.297 bits per heavy atom. The first-order chi connectivity index (χ1) is 63.6. The van der Waals surface area contributed by atoms with Gasteiger partial charge >= 0.3 is 0 Å². The van der Waals surface area contributed by atoms with Crippen LogP contribution < -0.4 is 0 Å². The third-order valence-electron chi connectivity index (χ3n) is 26.7. The maximum absolute atomic E-state index is 2.41. The van der Waals surface area contributed by atoms with Crippen molar-refractivity contribution in [2.45, 2.75) is 0 Å². The van der Waals surface area contributed by atoms with Gasteiger partial charge in [-0.3, -0.25) is 0 Å². The van der Waals surface area contributed by atoms with Crippen LogP contribution in [0.4, 0.5) is 0 Å². The second-order valence-corrected chi connectivity index (χ2v) is 33.7. The number of hydrogen-bond donors (Lipinski definition) is 0. The molecule has 0 atom stereocenters. The lowest BCUT2D eigenvalue weighted by Gasteiger charge is -2.22. The highest BCUT2D eigenvalue weighted by Crippen LogP contribution is 2.55. The molecular weight excluding hydrogens is 1540 g/mol. The van der Waals surface area contributed by atoms with Gasteiger partial charge < -0.3 is 0 Å². The van der Waals surface area contributed by atoms with Crippen LogP contribution in [0.5, 0.6) is 0 Å². The third-order valence-corrected chi connectivity index (χ3v) is 26.7. The van der Waals surface area contributed by atoms with Crippen LogP contribution in [0.2, 0.25) is 0 Å². The van der Waals surface area contributed by atoms with Gasteiger partial charge in [0.1, 0.15) is 0 Å². The molecule has 0 nitrogen and oxygen atoms in total. The standard InChI is InChI=1S/C48H30.C44H28.C36H24/c1-2-16-31(17-3-1)45-36-22-8-12-26-40(36)47(41-27-13-9-23-37(41)45)48-42-28-14-10-24-38(42)46(39-25-11-15-29-43(39)48)44-30-32-18-4-5-19-33(32)34-20-6-7-21-35(34)44;1-2-15-30(16-3-1)41-33-18-6-10-22-37(33)43(38-23-11-7-19-34(38)41)44-39-24-12-8-20-35(39)42(36-21-9-13-25-40(36)44)32-27-26-29-14-4-5-17-31(29)28-32;1-2-12-27(13-3-1)35-31-16-6-8-18-33(31)36(34-19-9-7-17-32(34)35)28-23-21-26(22-24-28)30-20-10-14-25-11-4-5-15-29(25)30/h1-30H;1-28H;1-24H. The van der Waals surface area contributed by atoms with Crippen molar-refractivity contribution >= 4 is 151 Å². The third kappa shape index (κ3) is 12.7. The zero-order chi connectivity index (χ0) is 84.5. The minimum Gasteiger partial charge on any atom is -0.0622 e. The Bertz CT molecular complexity index is 8620. The zero-order valence-corrected chi connectivity index (χ0v) is 70.3. The van der Waals surface area contributed by atoms with Crippen molar-refractivity contribution < 1.29 is 0 Å². The average Bonchev–Trinajstić information content (AvgIpc) is 0.703. The Hall–Kier alpha value is -16.6. The summed E-state index contributed by atoms with van der Waals surface area (Å²) in [5.41, 5.74) is 23.0. The molecule has 0 saturated heterocycles. The van der Waals surface area contributed by atoms with E-state index < -0.39 is 0 Å². The summed E-state index contributed by atoms with van der Waals surface area (Å²) >= 11 is 0. The van der Waals surface area contributed by atoms with E-state index in [4.69, 9.17) is 0 Å². The molecule has 0 unspecified atom stereocenters. The molecule has 0 spiro atoms. The van der Waals surface area contributed by atoms with Crippen molar-refractivity contribution in [2.75, 3.05) is 0 Å². The minimum atomic E-state index is 1.24. The first-order valence-corrected chi connectivity index (χ1v) is 44.4. The summed E-state index contributed by atoms with van der Waals surface area (Å²) < 4.78 is 0. The molecule has 0 aliphatic heterocycles. The van der Waals surface area contributed by atoms with Crippen molar-refractivity contribution in [3.8, 4) is 100 Å². The van der Waals surface area contributed by atoms with Crippen LogP contribution in [-0.4, -0.2) is 0 Å². The van der Waals surface area contributed by atoms with Gasteiger partial charge in [0.05, 0.1) is 0 Å². The van der Waals surface area contributed by atoms with Gasteiger partial charge in [0.2, 0.25) is 0 Å². The van der Waals surface area contributed by atoms with E-state index >= 15 is 0 Å². The molecule has 0 heteroatoms. The maximum atomic E-state index is 2.41. The molecule has 26 aromatic carbocycles. The first kappa shape index (κ1) is 75.1. The number of rotatable bonds is 9. The molecule has 0 bridgehead atoms. The zero-order valence-electron chi connectivity index (χ0n) is 70.3. The van der Waals surface area contributed by atoms with E-state index in [1.807, 2.05) is 0 Å². The fraction of sp³-hybridized carbons (Fsp3) is 0. The van der Waals surface area contributed by atoms with Gasteiger partial charge in [0.25, 0.3) is 0 Å². The van der Waals surface area contributed by atoms with Crippen molar-refractivity contribution in [2.24, 2.45) is 0 Å². The summed E-state index contributed by atoms with van der Waals surface area (Å²) in [6, 6.07) is 182. The van der Waals surface area contributed by atoms with Crippen molar-refractivity contribution in [1.29, 1.82) is 0 Å². The molecule has 26 rings (SSSR count). The van der Waals surface area contributed by atoms with Gasteiger partial charge in [0.15, 0.2) is 0 Å². The molecule has 128 heavy (non-hydrogen) atoms. The van der Waals surface area contributed by atoms with E-state index in [2.05, 4.69) is 497 Å². The summed E-state index contributed by atoms with van der Waals surface area (Å²) in [5, 5.41) is 35.7. The Morgan fingerprint density at radius 3 is 0.641 bits per heavy atom. The highest BCUT2D eigenvalue weighted by atomic mass is 14.3. The van der Waals surface area contributed by atoms with E-state index in [9.17, 15) is 0 Å². The van der Waals surface area contributed by atoms with E-state index in [1.165, 1.54) is 251 Å². The number of hydrogen-bond acceptors (Lipinski definition) is 0. The molecule has 0 aliphatic rings. The van der Waals surface area contributed by atoms with E-state index in [0.717, 1.165) is 0 Å². The van der Waals surface area contributed by atoms with Gasteiger partial charge in [-0.2, -0.15) is 0 Å². The lowest BCUT2D eigenvalue weighted by Crippen LogP contribution is -1.95. The van der Waals surface area contributed by atoms with Crippen LogP contribution in [0.1, 0.15) is 0 Å². The highest BCUT2D eigenvalue weighted by molar-refractivity contribution is 6.34. The second kappa shape index (κ2) is 31.9. The molecule has 0 saturated carbocycles. The Balaban J connectivity index is 0.000000108. The van der Waals surface area contributed by atoms with Crippen LogP contribution in [0, 0.1) is 0 Å². The van der Waals surface area contributed by atoms with E-state index in [1.54, 1.807) is 0 Å². The van der Waals surface area contributed by atoms with Crippen LogP contribution in [-0.2, 0) is 0 Å². The average molecular weight is 1620 g/mol. The van der Waals surface area contributed by atoms with Crippen LogP contribution in [0.15, 0.2) is 497 Å². The predicted molar refractivity (Wildman–Crippen MR) is 553 cm³/mol. The topological polar surface area (TPSA) is 0 Å². The predicted octanol–water partition coefficient (Wildman–Crippen LogP) is 36.2. The van der Waals surface area contributed by atoms with Gasteiger partial charge in [-0.1, -0.05) is 485 Å². The van der Waals surface area contributed by atoms with Crippen LogP contribution in [0.3, 0.4) is 0 Å². The summed E-state index contributed by atoms with van der Waals surface area (Å²) in [7, 11) is 0. The lowest BCUT2D eigenvalue weighted by atomic mass is 9.80. The molecule has 0 N–H and O–H groups in total. The number of benzene rings is 26. The van der Waals surface area contributed by atoms with Crippen LogP contribution in [0.25, 0.3) is 251 Å². The molecule has 0 amide bonds. The lowest BCUT2D eigenvalue weighted by molar-refractivity contribution is 1.63. The highest BCUT2D eigenvalue weighted by Gasteiger charge is 2.27.